The quantitative estimate of drug-likeness (QED) is 0.781. The molecule has 0 spiro atoms. The van der Waals surface area contributed by atoms with Crippen molar-refractivity contribution >= 4 is 23.4 Å². The molecule has 0 aliphatic rings. The number of alkyl halides is 3. The monoisotopic (exact) mass is 369 g/mol. The fourth-order valence-electron chi connectivity index (χ4n) is 2.05. The lowest BCUT2D eigenvalue weighted by atomic mass is 10.1. The fraction of sp³-hybridized carbons (Fsp3) is 0.278. The summed E-state index contributed by atoms with van der Waals surface area (Å²) in [6, 6.07) is 12.1. The average Bonchev–Trinajstić information content (AvgIpc) is 2.59. The standard InChI is InChI=1S/C18H18F3NO2S/c1-12(17(23)22-15-6-8-16(24-2)9-7-15)25-11-13-4-3-5-14(10-13)18(19,20)21/h3-10,12H,11H2,1-2H3,(H,22,23)/t12-/m1/s1. The lowest BCUT2D eigenvalue weighted by Crippen LogP contribution is -2.22. The smallest absolute Gasteiger partial charge is 0.416 e. The van der Waals surface area contributed by atoms with Gasteiger partial charge in [-0.1, -0.05) is 18.2 Å². The van der Waals surface area contributed by atoms with Crippen LogP contribution in [0.15, 0.2) is 48.5 Å². The zero-order chi connectivity index (χ0) is 18.4. The summed E-state index contributed by atoms with van der Waals surface area (Å²) in [4.78, 5) is 12.2. The summed E-state index contributed by atoms with van der Waals surface area (Å²) in [5.41, 5.74) is 0.488. The van der Waals surface area contributed by atoms with E-state index in [1.807, 2.05) is 0 Å². The number of hydrogen-bond acceptors (Lipinski definition) is 3. The molecule has 25 heavy (non-hydrogen) atoms. The van der Waals surface area contributed by atoms with Crippen molar-refractivity contribution in [2.45, 2.75) is 24.1 Å². The minimum atomic E-state index is -4.36. The summed E-state index contributed by atoms with van der Waals surface area (Å²) in [5, 5.41) is 2.36. The zero-order valence-electron chi connectivity index (χ0n) is 13.8. The second-order valence-electron chi connectivity index (χ2n) is 5.37. The Hall–Kier alpha value is -2.15. The van der Waals surface area contributed by atoms with Crippen LogP contribution in [-0.2, 0) is 16.7 Å². The Morgan fingerprint density at radius 1 is 1.20 bits per heavy atom. The number of carbonyl (C=O) groups is 1. The molecule has 0 heterocycles. The summed E-state index contributed by atoms with van der Waals surface area (Å²) in [6.07, 6.45) is -4.36. The van der Waals surface area contributed by atoms with Crippen LogP contribution in [0.4, 0.5) is 18.9 Å². The topological polar surface area (TPSA) is 38.3 Å². The maximum atomic E-state index is 12.7. The van der Waals surface area contributed by atoms with Gasteiger partial charge in [0, 0.05) is 11.4 Å². The van der Waals surface area contributed by atoms with E-state index in [1.165, 1.54) is 17.8 Å². The average molecular weight is 369 g/mol. The van der Waals surface area contributed by atoms with Crippen LogP contribution in [0.5, 0.6) is 5.75 Å². The van der Waals surface area contributed by atoms with Gasteiger partial charge < -0.3 is 10.1 Å². The number of benzene rings is 2. The number of methoxy groups -OCH3 is 1. The van der Waals surface area contributed by atoms with E-state index in [2.05, 4.69) is 5.32 Å². The van der Waals surface area contributed by atoms with Crippen molar-refractivity contribution in [3.63, 3.8) is 0 Å². The highest BCUT2D eigenvalue weighted by atomic mass is 32.2. The molecule has 0 aromatic heterocycles. The van der Waals surface area contributed by atoms with Gasteiger partial charge in [0.1, 0.15) is 5.75 Å². The molecule has 2 rings (SSSR count). The maximum Gasteiger partial charge on any atom is 0.416 e. The van der Waals surface area contributed by atoms with Gasteiger partial charge in [0.2, 0.25) is 5.91 Å². The predicted octanol–water partition coefficient (Wildman–Crippen LogP) is 4.97. The van der Waals surface area contributed by atoms with Gasteiger partial charge in [-0.25, -0.2) is 0 Å². The number of thioether (sulfide) groups is 1. The molecule has 0 unspecified atom stereocenters. The number of nitrogens with one attached hydrogen (secondary N) is 1. The third-order valence-electron chi connectivity index (χ3n) is 3.48. The first-order valence-corrected chi connectivity index (χ1v) is 8.57. The molecular weight excluding hydrogens is 351 g/mol. The van der Waals surface area contributed by atoms with E-state index in [9.17, 15) is 18.0 Å². The van der Waals surface area contributed by atoms with Gasteiger partial charge >= 0.3 is 6.18 Å². The highest BCUT2D eigenvalue weighted by Crippen LogP contribution is 2.30. The molecule has 7 heteroatoms. The molecule has 3 nitrogen and oxygen atoms in total. The first-order valence-electron chi connectivity index (χ1n) is 7.52. The molecule has 1 amide bonds. The maximum absolute atomic E-state index is 12.7. The van der Waals surface area contributed by atoms with E-state index in [4.69, 9.17) is 4.74 Å². The molecule has 1 atom stereocenters. The Kier molecular flexibility index (Phi) is 6.36. The van der Waals surface area contributed by atoms with Gasteiger partial charge in [0.15, 0.2) is 0 Å². The number of amides is 1. The molecule has 0 radical (unpaired) electrons. The largest absolute Gasteiger partial charge is 0.497 e. The fourth-order valence-corrected chi connectivity index (χ4v) is 2.88. The molecule has 1 N–H and O–H groups in total. The van der Waals surface area contributed by atoms with Gasteiger partial charge in [0.25, 0.3) is 0 Å². The van der Waals surface area contributed by atoms with E-state index in [-0.39, 0.29) is 5.91 Å². The molecular formula is C18H18F3NO2S. The molecule has 0 fully saturated rings. The van der Waals surface area contributed by atoms with Crippen LogP contribution in [0.2, 0.25) is 0 Å². The number of rotatable bonds is 6. The Balaban J connectivity index is 1.90. The zero-order valence-corrected chi connectivity index (χ0v) is 14.6. The van der Waals surface area contributed by atoms with Crippen LogP contribution in [0.1, 0.15) is 18.1 Å². The molecule has 0 saturated carbocycles. The minimum absolute atomic E-state index is 0.206. The lowest BCUT2D eigenvalue weighted by Gasteiger charge is -2.13. The number of anilines is 1. The first kappa shape index (κ1) is 19.2. The predicted molar refractivity (Wildman–Crippen MR) is 93.8 cm³/mol. The van der Waals surface area contributed by atoms with Crippen molar-refractivity contribution in [2.75, 3.05) is 12.4 Å². The highest BCUT2D eigenvalue weighted by Gasteiger charge is 2.30. The Labute approximate surface area is 148 Å². The highest BCUT2D eigenvalue weighted by molar-refractivity contribution is 7.99. The number of ether oxygens (including phenoxy) is 1. The van der Waals surface area contributed by atoms with Crippen LogP contribution in [0, 0.1) is 0 Å². The number of hydrogen-bond donors (Lipinski definition) is 1. The van der Waals surface area contributed by atoms with Crippen LogP contribution < -0.4 is 10.1 Å². The van der Waals surface area contributed by atoms with Gasteiger partial charge in [-0.2, -0.15) is 13.2 Å². The molecule has 0 aliphatic heterocycles. The molecule has 134 valence electrons. The summed E-state index contributed by atoms with van der Waals surface area (Å²) in [5.74, 6) is 0.799. The second kappa shape index (κ2) is 8.29. The molecule has 2 aromatic carbocycles. The summed E-state index contributed by atoms with van der Waals surface area (Å²) < 4.78 is 43.2. The number of carbonyl (C=O) groups excluding carboxylic acids is 1. The van der Waals surface area contributed by atoms with Crippen LogP contribution in [0.3, 0.4) is 0 Å². The van der Waals surface area contributed by atoms with Gasteiger partial charge in [-0.15, -0.1) is 11.8 Å². The Morgan fingerprint density at radius 3 is 2.48 bits per heavy atom. The van der Waals surface area contributed by atoms with Gasteiger partial charge in [0.05, 0.1) is 17.9 Å². The number of halogens is 3. The van der Waals surface area contributed by atoms with E-state index < -0.39 is 17.0 Å². The van der Waals surface area contributed by atoms with Crippen molar-refractivity contribution in [3.05, 3.63) is 59.7 Å². The SMILES string of the molecule is COc1ccc(NC(=O)[C@@H](C)SCc2cccc(C(F)(F)F)c2)cc1. The van der Waals surface area contributed by atoms with E-state index in [1.54, 1.807) is 44.4 Å². The summed E-state index contributed by atoms with van der Waals surface area (Å²) in [6.45, 7) is 1.72. The van der Waals surface area contributed by atoms with E-state index in [0.717, 1.165) is 12.1 Å². The van der Waals surface area contributed by atoms with Gasteiger partial charge in [-0.3, -0.25) is 4.79 Å². The summed E-state index contributed by atoms with van der Waals surface area (Å²) >= 11 is 1.28. The third-order valence-corrected chi connectivity index (χ3v) is 4.70. The second-order valence-corrected chi connectivity index (χ2v) is 6.70. The van der Waals surface area contributed by atoms with Crippen molar-refractivity contribution < 1.29 is 22.7 Å². The molecule has 0 bridgehead atoms. The first-order chi connectivity index (χ1) is 11.8. The molecule has 0 saturated heterocycles. The van der Waals surface area contributed by atoms with Crippen LogP contribution in [0.25, 0.3) is 0 Å². The van der Waals surface area contributed by atoms with Crippen LogP contribution in [-0.4, -0.2) is 18.3 Å². The molecule has 0 aliphatic carbocycles. The van der Waals surface area contributed by atoms with Crippen molar-refractivity contribution in [1.29, 1.82) is 0 Å². The van der Waals surface area contributed by atoms with Crippen molar-refractivity contribution in [2.24, 2.45) is 0 Å². The summed E-state index contributed by atoms with van der Waals surface area (Å²) in [7, 11) is 1.56. The van der Waals surface area contributed by atoms with E-state index in [0.29, 0.717) is 22.8 Å². The Morgan fingerprint density at radius 2 is 1.88 bits per heavy atom. The normalized spacial score (nSPS) is 12.5. The third kappa shape index (κ3) is 5.70. The van der Waals surface area contributed by atoms with E-state index >= 15 is 0 Å². The Bertz CT molecular complexity index is 717. The van der Waals surface area contributed by atoms with Crippen LogP contribution >= 0.6 is 11.8 Å². The van der Waals surface area contributed by atoms with Crippen molar-refractivity contribution in [1.82, 2.24) is 0 Å². The minimum Gasteiger partial charge on any atom is -0.497 e. The lowest BCUT2D eigenvalue weighted by molar-refractivity contribution is -0.137. The van der Waals surface area contributed by atoms with Gasteiger partial charge in [-0.05, 0) is 42.8 Å². The van der Waals surface area contributed by atoms with Crippen molar-refractivity contribution in [3.8, 4) is 5.75 Å². The molecule has 2 aromatic rings.